The Morgan fingerprint density at radius 1 is 0.667 bits per heavy atom. The molecule has 0 heterocycles. The highest BCUT2D eigenvalue weighted by atomic mass is 127. The normalized spacial score (nSPS) is 10.3. The van der Waals surface area contributed by atoms with Crippen LogP contribution in [0.15, 0.2) is 72.8 Å². The van der Waals surface area contributed by atoms with Crippen molar-refractivity contribution in [2.24, 2.45) is 0 Å². The van der Waals surface area contributed by atoms with Crippen molar-refractivity contribution in [1.29, 1.82) is 0 Å². The summed E-state index contributed by atoms with van der Waals surface area (Å²) in [6, 6.07) is 24.3. The van der Waals surface area contributed by atoms with Gasteiger partial charge in [-0.1, -0.05) is 24.3 Å². The Hall–Kier alpha value is -2.21. The van der Waals surface area contributed by atoms with Gasteiger partial charge in [0.25, 0.3) is 0 Å². The van der Waals surface area contributed by atoms with Crippen molar-refractivity contribution in [3.05, 3.63) is 76.4 Å². The van der Waals surface area contributed by atoms with Gasteiger partial charge in [-0.3, -0.25) is 0 Å². The molecule has 3 nitrogen and oxygen atoms in total. The van der Waals surface area contributed by atoms with E-state index in [-0.39, 0.29) is 0 Å². The number of hydrogen-bond acceptors (Lipinski definition) is 3. The fraction of sp³-hybridized carbons (Fsp3) is 0.100. The molecule has 0 saturated heterocycles. The number of methoxy groups -OCH3 is 2. The van der Waals surface area contributed by atoms with Crippen molar-refractivity contribution >= 4 is 39.7 Å². The topological polar surface area (TPSA) is 21.7 Å². The van der Waals surface area contributed by atoms with E-state index in [1.54, 1.807) is 14.2 Å². The van der Waals surface area contributed by atoms with Crippen LogP contribution in [0.3, 0.4) is 0 Å². The van der Waals surface area contributed by atoms with Crippen LogP contribution in [0.4, 0.5) is 17.1 Å². The van der Waals surface area contributed by atoms with E-state index >= 15 is 0 Å². The number of ether oxygens (including phenoxy) is 2. The third kappa shape index (κ3) is 3.33. The summed E-state index contributed by atoms with van der Waals surface area (Å²) in [5.74, 6) is 1.61. The van der Waals surface area contributed by atoms with E-state index in [2.05, 4.69) is 51.8 Å². The molecule has 0 atom stereocenters. The maximum absolute atomic E-state index is 5.58. The van der Waals surface area contributed by atoms with Crippen LogP contribution in [0.1, 0.15) is 0 Å². The first kappa shape index (κ1) is 16.6. The van der Waals surface area contributed by atoms with Crippen molar-refractivity contribution in [3.8, 4) is 11.5 Å². The molecule has 3 aromatic carbocycles. The lowest BCUT2D eigenvalue weighted by Crippen LogP contribution is -2.12. The molecule has 3 aromatic rings. The highest BCUT2D eigenvalue weighted by molar-refractivity contribution is 14.1. The van der Waals surface area contributed by atoms with Crippen molar-refractivity contribution < 1.29 is 9.47 Å². The average molecular weight is 431 g/mol. The lowest BCUT2D eigenvalue weighted by Gasteiger charge is -2.28. The minimum Gasteiger partial charge on any atom is -0.495 e. The summed E-state index contributed by atoms with van der Waals surface area (Å²) in [6.45, 7) is 0. The Bertz CT molecular complexity index is 770. The molecule has 0 fully saturated rings. The zero-order chi connectivity index (χ0) is 16.9. The number of rotatable bonds is 5. The number of nitrogens with zero attached hydrogens (tertiary/aromatic N) is 1. The molecule has 4 heteroatoms. The standard InChI is InChI=1S/C20H18INO2/c1-23-19-9-5-3-7-17(19)22(16-13-11-15(21)12-14-16)18-8-4-6-10-20(18)24-2/h3-14H,1-2H3. The maximum Gasteiger partial charge on any atom is 0.142 e. The smallest absolute Gasteiger partial charge is 0.142 e. The minimum absolute atomic E-state index is 0.807. The van der Waals surface area contributed by atoms with Crippen LogP contribution in [0.5, 0.6) is 11.5 Å². The van der Waals surface area contributed by atoms with Gasteiger partial charge in [0.15, 0.2) is 0 Å². The van der Waals surface area contributed by atoms with E-state index < -0.39 is 0 Å². The van der Waals surface area contributed by atoms with Gasteiger partial charge in [0.2, 0.25) is 0 Å². The first-order chi connectivity index (χ1) is 11.7. The number of halogens is 1. The molecule has 0 amide bonds. The molecule has 24 heavy (non-hydrogen) atoms. The second kappa shape index (κ2) is 7.57. The molecule has 0 aliphatic carbocycles. The number of para-hydroxylation sites is 4. The van der Waals surface area contributed by atoms with Gasteiger partial charge >= 0.3 is 0 Å². The molecule has 0 aliphatic rings. The van der Waals surface area contributed by atoms with E-state index in [9.17, 15) is 0 Å². The summed E-state index contributed by atoms with van der Waals surface area (Å²) < 4.78 is 12.4. The Labute approximate surface area is 156 Å². The number of anilines is 3. The summed E-state index contributed by atoms with van der Waals surface area (Å²) in [5, 5.41) is 0. The molecular weight excluding hydrogens is 413 g/mol. The fourth-order valence-corrected chi connectivity index (χ4v) is 2.99. The molecule has 0 saturated carbocycles. The quantitative estimate of drug-likeness (QED) is 0.479. The Balaban J connectivity index is 2.23. The van der Waals surface area contributed by atoms with Gasteiger partial charge in [-0.2, -0.15) is 0 Å². The average Bonchev–Trinajstić information content (AvgIpc) is 2.64. The van der Waals surface area contributed by atoms with Crippen molar-refractivity contribution in [3.63, 3.8) is 0 Å². The van der Waals surface area contributed by atoms with Crippen LogP contribution in [-0.4, -0.2) is 14.2 Å². The zero-order valence-electron chi connectivity index (χ0n) is 13.6. The minimum atomic E-state index is 0.807. The Morgan fingerprint density at radius 3 is 1.58 bits per heavy atom. The van der Waals surface area contributed by atoms with Gasteiger partial charge < -0.3 is 14.4 Å². The molecule has 0 N–H and O–H groups in total. The van der Waals surface area contributed by atoms with E-state index in [0.717, 1.165) is 28.6 Å². The van der Waals surface area contributed by atoms with Gasteiger partial charge in [0, 0.05) is 9.26 Å². The molecule has 122 valence electrons. The lowest BCUT2D eigenvalue weighted by atomic mass is 10.1. The van der Waals surface area contributed by atoms with Crippen molar-refractivity contribution in [1.82, 2.24) is 0 Å². The summed E-state index contributed by atoms with van der Waals surface area (Å²) in [4.78, 5) is 2.15. The van der Waals surface area contributed by atoms with Gasteiger partial charge in [0.05, 0.1) is 25.6 Å². The summed E-state index contributed by atoms with van der Waals surface area (Å²) in [6.07, 6.45) is 0. The fourth-order valence-electron chi connectivity index (χ4n) is 2.63. The molecule has 3 rings (SSSR count). The molecule has 0 bridgehead atoms. The first-order valence-electron chi connectivity index (χ1n) is 7.56. The monoisotopic (exact) mass is 431 g/mol. The number of benzene rings is 3. The largest absolute Gasteiger partial charge is 0.495 e. The zero-order valence-corrected chi connectivity index (χ0v) is 15.7. The summed E-state index contributed by atoms with van der Waals surface area (Å²) in [7, 11) is 3.38. The number of hydrogen-bond donors (Lipinski definition) is 0. The van der Waals surface area contributed by atoms with Gasteiger partial charge in [-0.05, 0) is 71.1 Å². The first-order valence-corrected chi connectivity index (χ1v) is 8.64. The SMILES string of the molecule is COc1ccccc1N(c1ccc(I)cc1)c1ccccc1OC. The molecule has 0 aliphatic heterocycles. The Morgan fingerprint density at radius 2 is 1.12 bits per heavy atom. The van der Waals surface area contributed by atoms with E-state index in [1.807, 2.05) is 48.5 Å². The molecular formula is C20H18INO2. The lowest BCUT2D eigenvalue weighted by molar-refractivity contribution is 0.412. The van der Waals surface area contributed by atoms with Crippen LogP contribution in [0.2, 0.25) is 0 Å². The van der Waals surface area contributed by atoms with Crippen LogP contribution in [-0.2, 0) is 0 Å². The summed E-state index contributed by atoms with van der Waals surface area (Å²) in [5.41, 5.74) is 2.97. The van der Waals surface area contributed by atoms with Gasteiger partial charge in [-0.25, -0.2) is 0 Å². The molecule has 0 aromatic heterocycles. The van der Waals surface area contributed by atoms with E-state index in [1.165, 1.54) is 3.57 Å². The predicted molar refractivity (Wildman–Crippen MR) is 107 cm³/mol. The molecule has 0 radical (unpaired) electrons. The van der Waals surface area contributed by atoms with E-state index in [4.69, 9.17) is 9.47 Å². The van der Waals surface area contributed by atoms with Crippen molar-refractivity contribution in [2.75, 3.05) is 19.1 Å². The van der Waals surface area contributed by atoms with Crippen LogP contribution in [0, 0.1) is 3.57 Å². The van der Waals surface area contributed by atoms with Crippen LogP contribution >= 0.6 is 22.6 Å². The molecule has 0 spiro atoms. The highest BCUT2D eigenvalue weighted by Crippen LogP contribution is 2.43. The van der Waals surface area contributed by atoms with Crippen LogP contribution < -0.4 is 14.4 Å². The summed E-state index contributed by atoms with van der Waals surface area (Å²) >= 11 is 2.31. The molecule has 0 unspecified atom stereocenters. The second-order valence-corrected chi connectivity index (χ2v) is 6.40. The van der Waals surface area contributed by atoms with Crippen LogP contribution in [0.25, 0.3) is 0 Å². The predicted octanol–water partition coefficient (Wildman–Crippen LogP) is 5.78. The highest BCUT2D eigenvalue weighted by Gasteiger charge is 2.19. The van der Waals surface area contributed by atoms with Gasteiger partial charge in [0.1, 0.15) is 11.5 Å². The second-order valence-electron chi connectivity index (χ2n) is 5.16. The van der Waals surface area contributed by atoms with Crippen molar-refractivity contribution in [2.45, 2.75) is 0 Å². The third-order valence-corrected chi connectivity index (χ3v) is 4.46. The Kier molecular flexibility index (Phi) is 5.25. The van der Waals surface area contributed by atoms with E-state index in [0.29, 0.717) is 0 Å². The third-order valence-electron chi connectivity index (χ3n) is 3.74. The van der Waals surface area contributed by atoms with Gasteiger partial charge in [-0.15, -0.1) is 0 Å². The maximum atomic E-state index is 5.58.